The fourth-order valence-electron chi connectivity index (χ4n) is 1.26. The number of hydrogen-bond acceptors (Lipinski definition) is 2. The Morgan fingerprint density at radius 2 is 2.07 bits per heavy atom. The van der Waals surface area contributed by atoms with E-state index in [4.69, 9.17) is 4.74 Å². The molecule has 0 unspecified atom stereocenters. The van der Waals surface area contributed by atoms with Gasteiger partial charge >= 0.3 is 5.97 Å². The standard InChI is InChI=1S/C13H14O2/c1-3-11(10-13(14)15-4-2)12-8-6-5-7-9-12/h5-9H,1,4,10H2,2H3. The van der Waals surface area contributed by atoms with Crippen LogP contribution in [0.4, 0.5) is 0 Å². The zero-order chi connectivity index (χ0) is 11.1. The van der Waals surface area contributed by atoms with Gasteiger partial charge in [0.1, 0.15) is 0 Å². The molecule has 0 heterocycles. The highest BCUT2D eigenvalue weighted by atomic mass is 16.5. The summed E-state index contributed by atoms with van der Waals surface area (Å²) in [6.07, 6.45) is 0.224. The van der Waals surface area contributed by atoms with E-state index >= 15 is 0 Å². The summed E-state index contributed by atoms with van der Waals surface area (Å²) in [5.41, 5.74) is 4.50. The Kier molecular flexibility index (Phi) is 4.39. The quantitative estimate of drug-likeness (QED) is 0.554. The highest BCUT2D eigenvalue weighted by Gasteiger charge is 2.07. The normalized spacial score (nSPS) is 9.13. The summed E-state index contributed by atoms with van der Waals surface area (Å²) in [5, 5.41) is 0. The van der Waals surface area contributed by atoms with E-state index in [0.29, 0.717) is 6.61 Å². The van der Waals surface area contributed by atoms with Crippen LogP contribution in [-0.4, -0.2) is 12.6 Å². The van der Waals surface area contributed by atoms with Crippen molar-refractivity contribution in [2.45, 2.75) is 13.3 Å². The zero-order valence-corrected chi connectivity index (χ0v) is 8.82. The highest BCUT2D eigenvalue weighted by Crippen LogP contribution is 2.16. The molecule has 2 heteroatoms. The predicted molar refractivity (Wildman–Crippen MR) is 60.2 cm³/mol. The van der Waals surface area contributed by atoms with Gasteiger partial charge in [0.05, 0.1) is 13.0 Å². The van der Waals surface area contributed by atoms with Crippen molar-refractivity contribution in [3.05, 3.63) is 48.2 Å². The molecule has 78 valence electrons. The summed E-state index contributed by atoms with van der Waals surface area (Å²) >= 11 is 0. The van der Waals surface area contributed by atoms with Gasteiger partial charge in [-0.15, -0.1) is 5.73 Å². The Balaban J connectivity index is 2.75. The van der Waals surface area contributed by atoms with E-state index in [1.165, 1.54) is 0 Å². The first-order valence-electron chi connectivity index (χ1n) is 4.88. The molecule has 0 bridgehead atoms. The van der Waals surface area contributed by atoms with Crippen molar-refractivity contribution in [1.82, 2.24) is 0 Å². The zero-order valence-electron chi connectivity index (χ0n) is 8.82. The largest absolute Gasteiger partial charge is 0.466 e. The van der Waals surface area contributed by atoms with Gasteiger partial charge in [-0.1, -0.05) is 36.9 Å². The summed E-state index contributed by atoms with van der Waals surface area (Å²) in [6, 6.07) is 9.60. The van der Waals surface area contributed by atoms with Crippen LogP contribution < -0.4 is 0 Å². The second-order valence-electron chi connectivity index (χ2n) is 3.00. The van der Waals surface area contributed by atoms with Gasteiger partial charge < -0.3 is 4.74 Å². The highest BCUT2D eigenvalue weighted by molar-refractivity contribution is 5.84. The first-order valence-corrected chi connectivity index (χ1v) is 4.88. The third-order valence-corrected chi connectivity index (χ3v) is 1.96. The number of carbonyl (C=O) groups is 1. The molecule has 0 fully saturated rings. The minimum Gasteiger partial charge on any atom is -0.466 e. The molecular weight excluding hydrogens is 188 g/mol. The van der Waals surface area contributed by atoms with Crippen molar-refractivity contribution in [3.63, 3.8) is 0 Å². The lowest BCUT2D eigenvalue weighted by Crippen LogP contribution is -2.04. The van der Waals surface area contributed by atoms with Crippen LogP contribution in [-0.2, 0) is 9.53 Å². The summed E-state index contributed by atoms with van der Waals surface area (Å²) in [4.78, 5) is 11.3. The Bertz CT molecular complexity index is 373. The van der Waals surface area contributed by atoms with E-state index in [0.717, 1.165) is 11.1 Å². The molecule has 0 N–H and O–H groups in total. The molecule has 0 aromatic heterocycles. The van der Waals surface area contributed by atoms with Gasteiger partial charge in [0.2, 0.25) is 0 Å². The minimum atomic E-state index is -0.243. The number of esters is 1. The van der Waals surface area contributed by atoms with Crippen LogP contribution in [0.25, 0.3) is 5.57 Å². The Morgan fingerprint density at radius 3 is 2.60 bits per heavy atom. The number of benzene rings is 1. The molecule has 0 atom stereocenters. The lowest BCUT2D eigenvalue weighted by Gasteiger charge is -2.04. The fourth-order valence-corrected chi connectivity index (χ4v) is 1.26. The monoisotopic (exact) mass is 202 g/mol. The van der Waals surface area contributed by atoms with Crippen molar-refractivity contribution < 1.29 is 9.53 Å². The summed E-state index contributed by atoms with van der Waals surface area (Å²) in [7, 11) is 0. The van der Waals surface area contributed by atoms with Gasteiger partial charge in [-0.3, -0.25) is 4.79 Å². The van der Waals surface area contributed by atoms with Gasteiger partial charge in [-0.25, -0.2) is 0 Å². The summed E-state index contributed by atoms with van der Waals surface area (Å²) in [5.74, 6) is -0.243. The van der Waals surface area contributed by atoms with E-state index in [1.807, 2.05) is 30.3 Å². The second kappa shape index (κ2) is 5.84. The molecule has 0 amide bonds. The van der Waals surface area contributed by atoms with E-state index in [9.17, 15) is 4.79 Å². The van der Waals surface area contributed by atoms with Gasteiger partial charge in [-0.2, -0.15) is 0 Å². The van der Waals surface area contributed by atoms with Gasteiger partial charge in [0, 0.05) is 5.57 Å². The smallest absolute Gasteiger partial charge is 0.310 e. The van der Waals surface area contributed by atoms with Crippen molar-refractivity contribution in [3.8, 4) is 0 Å². The van der Waals surface area contributed by atoms with E-state index in [-0.39, 0.29) is 12.4 Å². The molecule has 1 rings (SSSR count). The SMILES string of the molecule is C=C=C(CC(=O)OCC)c1ccccc1. The van der Waals surface area contributed by atoms with E-state index in [1.54, 1.807) is 6.92 Å². The maximum absolute atomic E-state index is 11.3. The number of hydrogen-bond donors (Lipinski definition) is 0. The van der Waals surface area contributed by atoms with Crippen LogP contribution in [0.15, 0.2) is 42.6 Å². The molecule has 0 radical (unpaired) electrons. The molecule has 15 heavy (non-hydrogen) atoms. The van der Waals surface area contributed by atoms with E-state index < -0.39 is 0 Å². The number of rotatable bonds is 4. The second-order valence-corrected chi connectivity index (χ2v) is 3.00. The van der Waals surface area contributed by atoms with Crippen LogP contribution in [0.5, 0.6) is 0 Å². The molecule has 0 saturated heterocycles. The first-order chi connectivity index (χ1) is 7.27. The Morgan fingerprint density at radius 1 is 1.40 bits per heavy atom. The van der Waals surface area contributed by atoms with Crippen molar-refractivity contribution in [2.75, 3.05) is 6.61 Å². The summed E-state index contributed by atoms with van der Waals surface area (Å²) < 4.78 is 4.87. The Labute approximate surface area is 89.9 Å². The molecule has 0 aliphatic rings. The van der Waals surface area contributed by atoms with Crippen molar-refractivity contribution in [1.29, 1.82) is 0 Å². The molecule has 0 spiro atoms. The number of carbonyl (C=O) groups excluding carboxylic acids is 1. The third-order valence-electron chi connectivity index (χ3n) is 1.96. The van der Waals surface area contributed by atoms with Crippen LogP contribution in [0.2, 0.25) is 0 Å². The molecule has 1 aromatic rings. The van der Waals surface area contributed by atoms with Crippen LogP contribution in [0.3, 0.4) is 0 Å². The van der Waals surface area contributed by atoms with Crippen molar-refractivity contribution >= 4 is 11.5 Å². The number of ether oxygens (including phenoxy) is 1. The van der Waals surface area contributed by atoms with Crippen LogP contribution in [0.1, 0.15) is 18.9 Å². The van der Waals surface area contributed by atoms with Crippen LogP contribution in [0, 0.1) is 0 Å². The molecule has 0 aliphatic heterocycles. The topological polar surface area (TPSA) is 26.3 Å². The van der Waals surface area contributed by atoms with Gasteiger partial charge in [0.15, 0.2) is 0 Å². The molecule has 0 aliphatic carbocycles. The predicted octanol–water partition coefficient (Wildman–Crippen LogP) is 2.81. The first kappa shape index (κ1) is 11.3. The van der Waals surface area contributed by atoms with Gasteiger partial charge in [-0.05, 0) is 12.5 Å². The molecule has 2 nitrogen and oxygen atoms in total. The fraction of sp³-hybridized carbons (Fsp3) is 0.231. The average molecular weight is 202 g/mol. The maximum Gasteiger partial charge on any atom is 0.310 e. The average Bonchev–Trinajstić information content (AvgIpc) is 2.27. The molecule has 0 saturated carbocycles. The lowest BCUT2D eigenvalue weighted by molar-refractivity contribution is -0.141. The molecular formula is C13H14O2. The third kappa shape index (κ3) is 3.45. The molecule has 1 aromatic carbocycles. The van der Waals surface area contributed by atoms with Gasteiger partial charge in [0.25, 0.3) is 0 Å². The van der Waals surface area contributed by atoms with E-state index in [2.05, 4.69) is 12.3 Å². The maximum atomic E-state index is 11.3. The minimum absolute atomic E-state index is 0.224. The Hall–Kier alpha value is -1.79. The summed E-state index contributed by atoms with van der Waals surface area (Å²) in [6.45, 7) is 5.77. The van der Waals surface area contributed by atoms with Crippen LogP contribution >= 0.6 is 0 Å². The lowest BCUT2D eigenvalue weighted by atomic mass is 10.0. The van der Waals surface area contributed by atoms with Crippen molar-refractivity contribution in [2.24, 2.45) is 0 Å².